The molecule has 0 aliphatic carbocycles. The van der Waals surface area contributed by atoms with Crippen molar-refractivity contribution in [3.05, 3.63) is 41.6 Å². The molecule has 0 aliphatic heterocycles. The molecule has 0 aliphatic rings. The number of allylic oxidation sites excluding steroid dienone is 1. The van der Waals surface area contributed by atoms with Gasteiger partial charge in [0.1, 0.15) is 5.75 Å². The molecule has 0 spiro atoms. The lowest BCUT2D eigenvalue weighted by atomic mass is 10.0. The van der Waals surface area contributed by atoms with E-state index in [9.17, 15) is 0 Å². The maximum Gasteiger partial charge on any atom is 0.119 e. The van der Waals surface area contributed by atoms with E-state index in [-0.39, 0.29) is 0 Å². The maximum absolute atomic E-state index is 5.29. The van der Waals surface area contributed by atoms with Crippen LogP contribution in [0, 0.1) is 0 Å². The lowest BCUT2D eigenvalue weighted by molar-refractivity contribution is 0.414. The van der Waals surface area contributed by atoms with Crippen LogP contribution in [0.3, 0.4) is 0 Å². The van der Waals surface area contributed by atoms with Gasteiger partial charge in [-0.1, -0.05) is 64.7 Å². The predicted molar refractivity (Wildman–Crippen MR) is 87.7 cm³/mol. The first-order valence-corrected chi connectivity index (χ1v) is 10.1. The molecule has 0 unspecified atom stereocenters. The average Bonchev–Trinajstić information content (AvgIpc) is 2.34. The van der Waals surface area contributed by atoms with Crippen molar-refractivity contribution in [3.63, 3.8) is 0 Å². The van der Waals surface area contributed by atoms with E-state index < -0.39 is 8.07 Å². The van der Waals surface area contributed by atoms with E-state index in [2.05, 4.69) is 70.8 Å². The highest BCUT2D eigenvalue weighted by Gasteiger charge is 2.32. The molecule has 0 saturated heterocycles. The zero-order valence-corrected chi connectivity index (χ0v) is 14.4. The summed E-state index contributed by atoms with van der Waals surface area (Å²) >= 11 is 0. The molecule has 2 heteroatoms. The molecule has 106 valence electrons. The molecule has 0 radical (unpaired) electrons. The molecule has 1 atom stereocenters. The van der Waals surface area contributed by atoms with Gasteiger partial charge in [0.2, 0.25) is 0 Å². The Kier molecular flexibility index (Phi) is 5.02. The van der Waals surface area contributed by atoms with Gasteiger partial charge in [0.25, 0.3) is 0 Å². The monoisotopic (exact) mass is 276 g/mol. The minimum atomic E-state index is -1.33. The third kappa shape index (κ3) is 4.24. The molecule has 1 nitrogen and oxygen atoms in total. The van der Waals surface area contributed by atoms with Crippen LogP contribution in [-0.4, -0.2) is 15.2 Å². The van der Waals surface area contributed by atoms with Crippen molar-refractivity contribution in [2.45, 2.75) is 51.7 Å². The first-order chi connectivity index (χ1) is 8.67. The molecule has 1 aromatic rings. The summed E-state index contributed by atoms with van der Waals surface area (Å²) in [4.78, 5) is 0. The Hall–Kier alpha value is -1.02. The smallest absolute Gasteiger partial charge is 0.119 e. The van der Waals surface area contributed by atoms with E-state index in [1.54, 1.807) is 7.11 Å². The van der Waals surface area contributed by atoms with Gasteiger partial charge in [-0.05, 0) is 28.7 Å². The summed E-state index contributed by atoms with van der Waals surface area (Å²) < 4.78 is 5.29. The van der Waals surface area contributed by atoms with Gasteiger partial charge in [0.05, 0.1) is 15.2 Å². The topological polar surface area (TPSA) is 9.23 Å². The lowest BCUT2D eigenvalue weighted by Crippen LogP contribution is -2.35. The van der Waals surface area contributed by atoms with Crippen molar-refractivity contribution < 1.29 is 4.74 Å². The zero-order valence-electron chi connectivity index (χ0n) is 13.4. The fourth-order valence-corrected chi connectivity index (χ4v) is 2.94. The molecular formula is C17H28OSi. The fourth-order valence-electron chi connectivity index (χ4n) is 1.67. The van der Waals surface area contributed by atoms with Crippen molar-refractivity contribution in [2.24, 2.45) is 0 Å². The van der Waals surface area contributed by atoms with Gasteiger partial charge in [-0.2, -0.15) is 0 Å². The molecular weight excluding hydrogens is 248 g/mol. The van der Waals surface area contributed by atoms with Gasteiger partial charge >= 0.3 is 0 Å². The summed E-state index contributed by atoms with van der Waals surface area (Å²) in [5.41, 5.74) is 3.80. The highest BCUT2D eigenvalue weighted by Crippen LogP contribution is 2.37. The minimum absolute atomic E-state index is 0.400. The molecule has 0 fully saturated rings. The Morgan fingerprint density at radius 2 is 1.84 bits per heavy atom. The van der Waals surface area contributed by atoms with Crippen molar-refractivity contribution in [1.82, 2.24) is 0 Å². The first kappa shape index (κ1) is 16.0. The number of rotatable bonds is 4. The van der Waals surface area contributed by atoms with E-state index in [4.69, 9.17) is 4.74 Å². The van der Waals surface area contributed by atoms with Crippen LogP contribution in [0.2, 0.25) is 18.1 Å². The Balaban J connectivity index is 2.87. The second-order valence-corrected chi connectivity index (χ2v) is 12.2. The third-order valence-electron chi connectivity index (χ3n) is 4.35. The number of ether oxygens (including phenoxy) is 1. The highest BCUT2D eigenvalue weighted by molar-refractivity contribution is 6.84. The molecule has 0 bridgehead atoms. The van der Waals surface area contributed by atoms with Crippen LogP contribution < -0.4 is 4.74 Å². The molecule has 0 saturated carbocycles. The molecule has 19 heavy (non-hydrogen) atoms. The number of hydrogen-bond donors (Lipinski definition) is 0. The number of methoxy groups -OCH3 is 1. The van der Waals surface area contributed by atoms with Crippen molar-refractivity contribution >= 4 is 8.07 Å². The maximum atomic E-state index is 5.29. The Morgan fingerprint density at radius 3 is 2.37 bits per heavy atom. The van der Waals surface area contributed by atoms with Gasteiger partial charge in [0, 0.05) is 0 Å². The molecule has 0 N–H and O–H groups in total. The summed E-state index contributed by atoms with van der Waals surface area (Å²) in [6, 6.07) is 8.35. The van der Waals surface area contributed by atoms with E-state index in [0.29, 0.717) is 11.0 Å². The number of hydrogen-bond acceptors (Lipinski definition) is 1. The SMILES string of the molecule is COc1cccc([C@@H](C)/C=C/[Si](C)(C)C(C)(C)C)c1. The van der Waals surface area contributed by atoms with Crippen LogP contribution in [0.4, 0.5) is 0 Å². The van der Waals surface area contributed by atoms with Crippen molar-refractivity contribution in [2.75, 3.05) is 7.11 Å². The van der Waals surface area contributed by atoms with E-state index in [1.165, 1.54) is 5.56 Å². The summed E-state index contributed by atoms with van der Waals surface area (Å²) in [6.07, 6.45) is 2.37. The standard InChI is InChI=1S/C17H28OSi/c1-14(11-12-19(6,7)17(2,3)4)15-9-8-10-16(13-15)18-5/h8-14H,1-7H3/b12-11+/t14-/m0/s1. The van der Waals surface area contributed by atoms with Crippen LogP contribution in [0.25, 0.3) is 0 Å². The van der Waals surface area contributed by atoms with Crippen molar-refractivity contribution in [1.29, 1.82) is 0 Å². The second-order valence-electron chi connectivity index (χ2n) is 6.90. The molecule has 1 rings (SSSR count). The van der Waals surface area contributed by atoms with Crippen LogP contribution in [-0.2, 0) is 0 Å². The highest BCUT2D eigenvalue weighted by atomic mass is 28.3. The average molecular weight is 276 g/mol. The van der Waals surface area contributed by atoms with Gasteiger partial charge in [0.15, 0.2) is 0 Å². The number of benzene rings is 1. The largest absolute Gasteiger partial charge is 0.497 e. The van der Waals surface area contributed by atoms with Gasteiger partial charge < -0.3 is 4.74 Å². The van der Waals surface area contributed by atoms with E-state index in [0.717, 1.165) is 5.75 Å². The molecule has 0 amide bonds. The quantitative estimate of drug-likeness (QED) is 0.669. The van der Waals surface area contributed by atoms with Gasteiger partial charge in [-0.15, -0.1) is 0 Å². The third-order valence-corrected chi connectivity index (χ3v) is 9.25. The summed E-state index contributed by atoms with van der Waals surface area (Å²) in [7, 11) is 0.383. The van der Waals surface area contributed by atoms with E-state index in [1.807, 2.05) is 6.07 Å². The van der Waals surface area contributed by atoms with Gasteiger partial charge in [-0.25, -0.2) is 0 Å². The fraction of sp³-hybridized carbons (Fsp3) is 0.529. The Labute approximate surface area is 119 Å². The normalized spacial score (nSPS) is 14.7. The predicted octanol–water partition coefficient (Wildman–Crippen LogP) is 5.40. The van der Waals surface area contributed by atoms with Crippen LogP contribution in [0.5, 0.6) is 5.75 Å². The van der Waals surface area contributed by atoms with Crippen LogP contribution in [0.15, 0.2) is 36.0 Å². The summed E-state index contributed by atoms with van der Waals surface area (Å²) in [6.45, 7) is 14.2. The summed E-state index contributed by atoms with van der Waals surface area (Å²) in [5, 5.41) is 0.400. The Bertz CT molecular complexity index is 441. The van der Waals surface area contributed by atoms with Crippen molar-refractivity contribution in [3.8, 4) is 5.75 Å². The first-order valence-electron chi connectivity index (χ1n) is 7.01. The molecule has 1 aromatic carbocycles. The van der Waals surface area contributed by atoms with Gasteiger partial charge in [-0.3, -0.25) is 0 Å². The molecule has 0 heterocycles. The Morgan fingerprint density at radius 1 is 1.21 bits per heavy atom. The zero-order chi connectivity index (χ0) is 14.7. The second kappa shape index (κ2) is 5.95. The molecule has 0 aromatic heterocycles. The minimum Gasteiger partial charge on any atom is -0.497 e. The van der Waals surface area contributed by atoms with E-state index >= 15 is 0 Å². The summed E-state index contributed by atoms with van der Waals surface area (Å²) in [5.74, 6) is 1.37. The van der Waals surface area contributed by atoms with Crippen LogP contribution in [0.1, 0.15) is 39.2 Å². The van der Waals surface area contributed by atoms with Crippen LogP contribution >= 0.6 is 0 Å². The lowest BCUT2D eigenvalue weighted by Gasteiger charge is -2.34.